The summed E-state index contributed by atoms with van der Waals surface area (Å²) in [7, 11) is 1.61. The van der Waals surface area contributed by atoms with Gasteiger partial charge in [0.1, 0.15) is 5.75 Å². The number of carbonyl (C=O) groups excluding carboxylic acids is 1. The van der Waals surface area contributed by atoms with Crippen molar-refractivity contribution in [2.24, 2.45) is 0 Å². The van der Waals surface area contributed by atoms with Gasteiger partial charge in [-0.15, -0.1) is 0 Å². The normalized spacial score (nSPS) is 10.2. The molecule has 0 saturated carbocycles. The second-order valence-corrected chi connectivity index (χ2v) is 4.79. The fourth-order valence-electron chi connectivity index (χ4n) is 1.72. The summed E-state index contributed by atoms with van der Waals surface area (Å²) in [5.41, 5.74) is 2.39. The van der Waals surface area contributed by atoms with E-state index in [9.17, 15) is 4.79 Å². The third-order valence-corrected chi connectivity index (χ3v) is 3.84. The van der Waals surface area contributed by atoms with E-state index in [2.05, 4.69) is 15.9 Å². The minimum atomic E-state index is 0.00762. The molecule has 2 rings (SSSR count). The largest absolute Gasteiger partial charge is 0.497 e. The lowest BCUT2D eigenvalue weighted by Gasteiger charge is -2.07. The zero-order chi connectivity index (χ0) is 13.1. The fraction of sp³-hybridized carbons (Fsp3) is 0.133. The van der Waals surface area contributed by atoms with Crippen LogP contribution >= 0.6 is 15.9 Å². The molecule has 0 spiro atoms. The molecule has 0 aromatic heterocycles. The van der Waals surface area contributed by atoms with Gasteiger partial charge in [-0.3, -0.25) is 4.79 Å². The highest BCUT2D eigenvalue weighted by Crippen LogP contribution is 2.24. The molecule has 0 radical (unpaired) electrons. The van der Waals surface area contributed by atoms with Crippen LogP contribution in [0.5, 0.6) is 5.75 Å². The van der Waals surface area contributed by atoms with Crippen LogP contribution in [0.2, 0.25) is 0 Å². The molecule has 0 aliphatic rings. The number of methoxy groups -OCH3 is 1. The van der Waals surface area contributed by atoms with Gasteiger partial charge < -0.3 is 4.74 Å². The lowest BCUT2D eigenvalue weighted by molar-refractivity contribution is 0.103. The Morgan fingerprint density at radius 1 is 1.11 bits per heavy atom. The van der Waals surface area contributed by atoms with Crippen molar-refractivity contribution in [2.75, 3.05) is 7.11 Å². The van der Waals surface area contributed by atoms with Crippen LogP contribution in [0.1, 0.15) is 21.5 Å². The maximum atomic E-state index is 12.3. The molecule has 3 heteroatoms. The Kier molecular flexibility index (Phi) is 3.82. The Balaban J connectivity index is 2.38. The summed E-state index contributed by atoms with van der Waals surface area (Å²) >= 11 is 3.46. The number of halogens is 1. The number of rotatable bonds is 3. The molecule has 0 N–H and O–H groups in total. The molecule has 92 valence electrons. The topological polar surface area (TPSA) is 26.3 Å². The second-order valence-electron chi connectivity index (χ2n) is 3.99. The molecule has 0 fully saturated rings. The highest BCUT2D eigenvalue weighted by atomic mass is 79.9. The molecule has 2 aromatic rings. The Morgan fingerprint density at radius 3 is 2.39 bits per heavy atom. The molecule has 0 saturated heterocycles. The highest BCUT2D eigenvalue weighted by molar-refractivity contribution is 9.10. The van der Waals surface area contributed by atoms with Crippen molar-refractivity contribution in [1.29, 1.82) is 0 Å². The van der Waals surface area contributed by atoms with E-state index in [1.807, 2.05) is 25.1 Å². The summed E-state index contributed by atoms with van der Waals surface area (Å²) in [6.45, 7) is 1.97. The first-order chi connectivity index (χ1) is 8.63. The fourth-order valence-corrected chi connectivity index (χ4v) is 2.17. The molecule has 0 aliphatic heterocycles. The van der Waals surface area contributed by atoms with E-state index in [1.165, 1.54) is 0 Å². The van der Waals surface area contributed by atoms with Gasteiger partial charge in [-0.1, -0.05) is 12.1 Å². The zero-order valence-electron chi connectivity index (χ0n) is 10.2. The van der Waals surface area contributed by atoms with Gasteiger partial charge in [-0.05, 0) is 58.7 Å². The number of ether oxygens (including phenoxy) is 1. The van der Waals surface area contributed by atoms with E-state index in [0.717, 1.165) is 15.8 Å². The van der Waals surface area contributed by atoms with Crippen LogP contribution in [0.15, 0.2) is 46.9 Å². The summed E-state index contributed by atoms with van der Waals surface area (Å²) in [5.74, 6) is 0.753. The average Bonchev–Trinajstić information content (AvgIpc) is 2.41. The highest BCUT2D eigenvalue weighted by Gasteiger charge is 2.13. The number of aryl methyl sites for hydroxylation is 1. The van der Waals surface area contributed by atoms with Crippen molar-refractivity contribution in [3.05, 3.63) is 63.6 Å². The van der Waals surface area contributed by atoms with Crippen molar-refractivity contribution in [3.63, 3.8) is 0 Å². The lowest BCUT2D eigenvalue weighted by atomic mass is 10.0. The van der Waals surface area contributed by atoms with Gasteiger partial charge >= 0.3 is 0 Å². The van der Waals surface area contributed by atoms with Gasteiger partial charge in [0, 0.05) is 15.6 Å². The van der Waals surface area contributed by atoms with E-state index >= 15 is 0 Å². The number of hydrogen-bond acceptors (Lipinski definition) is 2. The van der Waals surface area contributed by atoms with E-state index < -0.39 is 0 Å². The molecule has 0 unspecified atom stereocenters. The predicted molar refractivity (Wildman–Crippen MR) is 75.3 cm³/mol. The summed E-state index contributed by atoms with van der Waals surface area (Å²) in [5, 5.41) is 0. The standard InChI is InChI=1S/C15H13BrO2/c1-10-4-3-5-13(14(10)16)15(17)11-6-8-12(18-2)9-7-11/h3-9H,1-2H3. The Bertz CT molecular complexity index is 574. The Morgan fingerprint density at radius 2 is 1.78 bits per heavy atom. The Labute approximate surface area is 115 Å². The van der Waals surface area contributed by atoms with Crippen molar-refractivity contribution in [3.8, 4) is 5.75 Å². The van der Waals surface area contributed by atoms with Gasteiger partial charge in [0.15, 0.2) is 5.78 Å². The molecule has 0 atom stereocenters. The number of ketones is 1. The molecule has 0 bridgehead atoms. The SMILES string of the molecule is COc1ccc(C(=O)c2cccc(C)c2Br)cc1. The second kappa shape index (κ2) is 5.36. The lowest BCUT2D eigenvalue weighted by Crippen LogP contribution is -2.03. The maximum Gasteiger partial charge on any atom is 0.194 e. The van der Waals surface area contributed by atoms with Crippen molar-refractivity contribution in [2.45, 2.75) is 6.92 Å². The smallest absolute Gasteiger partial charge is 0.194 e. The first-order valence-corrected chi connectivity index (χ1v) is 6.36. The van der Waals surface area contributed by atoms with Gasteiger partial charge in [0.2, 0.25) is 0 Å². The Hall–Kier alpha value is -1.61. The first-order valence-electron chi connectivity index (χ1n) is 5.57. The molecule has 0 aliphatic carbocycles. The number of benzene rings is 2. The average molecular weight is 305 g/mol. The third kappa shape index (κ3) is 2.46. The molecular weight excluding hydrogens is 292 g/mol. The van der Waals surface area contributed by atoms with E-state index in [1.54, 1.807) is 31.4 Å². The monoisotopic (exact) mass is 304 g/mol. The molecular formula is C15H13BrO2. The minimum absolute atomic E-state index is 0.00762. The third-order valence-electron chi connectivity index (χ3n) is 2.79. The maximum absolute atomic E-state index is 12.3. The molecule has 0 amide bonds. The van der Waals surface area contributed by atoms with Crippen LogP contribution < -0.4 is 4.74 Å². The van der Waals surface area contributed by atoms with E-state index in [4.69, 9.17) is 4.74 Å². The number of hydrogen-bond donors (Lipinski definition) is 0. The summed E-state index contributed by atoms with van der Waals surface area (Å²) < 4.78 is 5.93. The predicted octanol–water partition coefficient (Wildman–Crippen LogP) is 4.00. The number of carbonyl (C=O) groups is 1. The van der Waals surface area contributed by atoms with Crippen LogP contribution in [0.25, 0.3) is 0 Å². The van der Waals surface area contributed by atoms with Gasteiger partial charge in [-0.25, -0.2) is 0 Å². The minimum Gasteiger partial charge on any atom is -0.497 e. The molecule has 2 aromatic carbocycles. The molecule has 18 heavy (non-hydrogen) atoms. The molecule has 0 heterocycles. The summed E-state index contributed by atoms with van der Waals surface area (Å²) in [6, 6.07) is 12.8. The zero-order valence-corrected chi connectivity index (χ0v) is 11.8. The summed E-state index contributed by atoms with van der Waals surface area (Å²) in [4.78, 5) is 12.3. The van der Waals surface area contributed by atoms with E-state index in [0.29, 0.717) is 11.1 Å². The van der Waals surface area contributed by atoms with Crippen LogP contribution in [0.4, 0.5) is 0 Å². The van der Waals surface area contributed by atoms with Crippen LogP contribution in [0.3, 0.4) is 0 Å². The van der Waals surface area contributed by atoms with Gasteiger partial charge in [0.25, 0.3) is 0 Å². The van der Waals surface area contributed by atoms with Crippen LogP contribution in [-0.2, 0) is 0 Å². The quantitative estimate of drug-likeness (QED) is 0.801. The van der Waals surface area contributed by atoms with Gasteiger partial charge in [0.05, 0.1) is 7.11 Å². The first kappa shape index (κ1) is 12.8. The van der Waals surface area contributed by atoms with Gasteiger partial charge in [-0.2, -0.15) is 0 Å². The van der Waals surface area contributed by atoms with Crippen LogP contribution in [0, 0.1) is 6.92 Å². The van der Waals surface area contributed by atoms with E-state index in [-0.39, 0.29) is 5.78 Å². The van der Waals surface area contributed by atoms with Crippen LogP contribution in [-0.4, -0.2) is 12.9 Å². The van der Waals surface area contributed by atoms with Crippen molar-refractivity contribution < 1.29 is 9.53 Å². The summed E-state index contributed by atoms with van der Waals surface area (Å²) in [6.07, 6.45) is 0. The van der Waals surface area contributed by atoms with Crippen molar-refractivity contribution in [1.82, 2.24) is 0 Å². The van der Waals surface area contributed by atoms with Crippen molar-refractivity contribution >= 4 is 21.7 Å². The molecule has 2 nitrogen and oxygen atoms in total.